The van der Waals surface area contributed by atoms with Gasteiger partial charge < -0.3 is 4.98 Å². The number of H-pyrrole nitrogens is 1. The van der Waals surface area contributed by atoms with Gasteiger partial charge in [-0.2, -0.15) is 0 Å². The van der Waals surface area contributed by atoms with Gasteiger partial charge in [-0.15, -0.1) is 0 Å². The van der Waals surface area contributed by atoms with Crippen LogP contribution in [0.25, 0.3) is 0 Å². The Morgan fingerprint density at radius 1 is 1.32 bits per heavy atom. The van der Waals surface area contributed by atoms with E-state index < -0.39 is 0 Å². The van der Waals surface area contributed by atoms with Gasteiger partial charge in [-0.25, -0.2) is 4.98 Å². The molecule has 1 aliphatic carbocycles. The zero-order chi connectivity index (χ0) is 13.4. The molecule has 0 amide bonds. The zero-order valence-electron chi connectivity index (χ0n) is 10.7. The Labute approximate surface area is 126 Å². The molecule has 0 radical (unpaired) electrons. The van der Waals surface area contributed by atoms with Gasteiger partial charge in [0.05, 0.1) is 4.47 Å². The van der Waals surface area contributed by atoms with Gasteiger partial charge in [-0.05, 0) is 41.3 Å². The van der Waals surface area contributed by atoms with Crippen LogP contribution in [0.15, 0.2) is 28.7 Å². The number of nitrogens with zero attached hydrogens (tertiary/aromatic N) is 1. The molecule has 1 saturated carbocycles. The third kappa shape index (κ3) is 2.95. The fourth-order valence-electron chi connectivity index (χ4n) is 2.16. The van der Waals surface area contributed by atoms with Crippen LogP contribution >= 0.6 is 28.1 Å². The molecule has 19 heavy (non-hydrogen) atoms. The van der Waals surface area contributed by atoms with Crippen LogP contribution in [0.5, 0.6) is 0 Å². The SMILES string of the molecule is Cc1ccc(Cc2nc(=S)c(Br)c(C3CC3)[nH]2)cc1. The van der Waals surface area contributed by atoms with Crippen molar-refractivity contribution in [3.05, 3.63) is 56.0 Å². The van der Waals surface area contributed by atoms with Gasteiger partial charge in [0.25, 0.3) is 0 Å². The molecule has 2 nitrogen and oxygen atoms in total. The first kappa shape index (κ1) is 13.0. The maximum Gasteiger partial charge on any atom is 0.144 e. The van der Waals surface area contributed by atoms with E-state index in [4.69, 9.17) is 12.2 Å². The van der Waals surface area contributed by atoms with Crippen LogP contribution in [-0.4, -0.2) is 9.97 Å². The van der Waals surface area contributed by atoms with Crippen molar-refractivity contribution in [3.8, 4) is 0 Å². The molecule has 1 heterocycles. The maximum atomic E-state index is 5.33. The van der Waals surface area contributed by atoms with Crippen molar-refractivity contribution in [3.63, 3.8) is 0 Å². The molecule has 0 atom stereocenters. The second kappa shape index (κ2) is 5.17. The van der Waals surface area contributed by atoms with Crippen molar-refractivity contribution >= 4 is 28.1 Å². The quantitative estimate of drug-likeness (QED) is 0.825. The molecule has 3 rings (SSSR count). The van der Waals surface area contributed by atoms with Crippen molar-refractivity contribution in [2.24, 2.45) is 0 Å². The van der Waals surface area contributed by atoms with Crippen molar-refractivity contribution in [1.82, 2.24) is 9.97 Å². The van der Waals surface area contributed by atoms with Crippen molar-refractivity contribution in [2.45, 2.75) is 32.1 Å². The van der Waals surface area contributed by atoms with Gasteiger partial charge in [-0.1, -0.05) is 42.0 Å². The summed E-state index contributed by atoms with van der Waals surface area (Å²) in [6, 6.07) is 8.55. The average molecular weight is 335 g/mol. The second-order valence-corrected chi connectivity index (χ2v) is 6.33. The number of benzene rings is 1. The van der Waals surface area contributed by atoms with E-state index in [1.54, 1.807) is 0 Å². The third-order valence-corrected chi connectivity index (χ3v) is 4.78. The zero-order valence-corrected chi connectivity index (χ0v) is 13.1. The van der Waals surface area contributed by atoms with Crippen molar-refractivity contribution in [1.29, 1.82) is 0 Å². The van der Waals surface area contributed by atoms with E-state index in [1.165, 1.54) is 29.7 Å². The van der Waals surface area contributed by atoms with Gasteiger partial charge in [0.2, 0.25) is 0 Å². The topological polar surface area (TPSA) is 28.7 Å². The summed E-state index contributed by atoms with van der Waals surface area (Å²) in [7, 11) is 0. The van der Waals surface area contributed by atoms with E-state index in [9.17, 15) is 0 Å². The Kier molecular flexibility index (Phi) is 3.54. The fourth-order valence-corrected chi connectivity index (χ4v) is 2.89. The molecule has 0 spiro atoms. The molecule has 1 fully saturated rings. The maximum absolute atomic E-state index is 5.33. The smallest absolute Gasteiger partial charge is 0.144 e. The monoisotopic (exact) mass is 334 g/mol. The molecule has 0 bridgehead atoms. The molecule has 0 saturated heterocycles. The summed E-state index contributed by atoms with van der Waals surface area (Å²) in [4.78, 5) is 7.93. The number of aryl methyl sites for hydroxylation is 1. The normalized spacial score (nSPS) is 14.6. The highest BCUT2D eigenvalue weighted by molar-refractivity contribution is 9.10. The Balaban J connectivity index is 1.92. The number of hydrogen-bond acceptors (Lipinski definition) is 2. The lowest BCUT2D eigenvalue weighted by Gasteiger charge is -2.08. The number of hydrogen-bond donors (Lipinski definition) is 1. The van der Waals surface area contributed by atoms with Gasteiger partial charge in [0.15, 0.2) is 0 Å². The van der Waals surface area contributed by atoms with E-state index in [0.717, 1.165) is 16.7 Å². The average Bonchev–Trinajstić information content (AvgIpc) is 3.21. The van der Waals surface area contributed by atoms with Crippen LogP contribution in [0, 0.1) is 11.6 Å². The Morgan fingerprint density at radius 2 is 2.00 bits per heavy atom. The fraction of sp³-hybridized carbons (Fsp3) is 0.333. The molecule has 0 unspecified atom stereocenters. The predicted octanol–water partition coefficient (Wildman–Crippen LogP) is 4.68. The van der Waals surface area contributed by atoms with Crippen LogP contribution < -0.4 is 0 Å². The highest BCUT2D eigenvalue weighted by atomic mass is 79.9. The summed E-state index contributed by atoms with van der Waals surface area (Å²) >= 11 is 8.89. The van der Waals surface area contributed by atoms with E-state index in [-0.39, 0.29) is 0 Å². The number of aromatic nitrogens is 2. The molecule has 98 valence electrons. The van der Waals surface area contributed by atoms with Crippen LogP contribution in [-0.2, 0) is 6.42 Å². The van der Waals surface area contributed by atoms with Gasteiger partial charge >= 0.3 is 0 Å². The van der Waals surface area contributed by atoms with Crippen LogP contribution in [0.1, 0.15) is 41.4 Å². The van der Waals surface area contributed by atoms with E-state index in [1.807, 2.05) is 0 Å². The van der Waals surface area contributed by atoms with E-state index in [2.05, 4.69) is 57.1 Å². The minimum absolute atomic E-state index is 0.635. The van der Waals surface area contributed by atoms with Gasteiger partial charge in [0, 0.05) is 18.0 Å². The highest BCUT2D eigenvalue weighted by Crippen LogP contribution is 2.42. The number of aromatic amines is 1. The summed E-state index contributed by atoms with van der Waals surface area (Å²) in [5, 5.41) is 0. The van der Waals surface area contributed by atoms with Crippen LogP contribution in [0.2, 0.25) is 0 Å². The first-order valence-corrected chi connectivity index (χ1v) is 7.68. The van der Waals surface area contributed by atoms with Crippen molar-refractivity contribution < 1.29 is 0 Å². The number of halogens is 1. The van der Waals surface area contributed by atoms with Gasteiger partial charge in [0.1, 0.15) is 10.5 Å². The van der Waals surface area contributed by atoms with Crippen molar-refractivity contribution in [2.75, 3.05) is 0 Å². The van der Waals surface area contributed by atoms with E-state index >= 15 is 0 Å². The summed E-state index contributed by atoms with van der Waals surface area (Å²) in [5.74, 6) is 1.59. The lowest BCUT2D eigenvalue weighted by Crippen LogP contribution is -2.02. The third-order valence-electron chi connectivity index (χ3n) is 3.42. The molecule has 1 aromatic heterocycles. The van der Waals surface area contributed by atoms with Crippen LogP contribution in [0.3, 0.4) is 0 Å². The summed E-state index contributed by atoms with van der Waals surface area (Å²) in [6.07, 6.45) is 3.30. The molecule has 4 heteroatoms. The molecule has 1 N–H and O–H groups in total. The summed E-state index contributed by atoms with van der Waals surface area (Å²) in [6.45, 7) is 2.10. The highest BCUT2D eigenvalue weighted by Gasteiger charge is 2.27. The minimum atomic E-state index is 0.635. The summed E-state index contributed by atoms with van der Waals surface area (Å²) < 4.78 is 1.64. The molecular weight excluding hydrogens is 320 g/mol. The number of rotatable bonds is 3. The Bertz CT molecular complexity index is 657. The standard InChI is InChI=1S/C15H15BrN2S/c1-9-2-4-10(5-3-9)8-12-17-14(11-6-7-11)13(16)15(19)18-12/h2-5,11H,6-8H2,1H3,(H,17,18,19). The first-order valence-electron chi connectivity index (χ1n) is 6.47. The molecule has 1 aliphatic rings. The van der Waals surface area contributed by atoms with E-state index in [0.29, 0.717) is 10.6 Å². The van der Waals surface area contributed by atoms with Crippen LogP contribution in [0.4, 0.5) is 0 Å². The molecule has 0 aliphatic heterocycles. The first-order chi connectivity index (χ1) is 9.13. The molecular formula is C15H15BrN2S. The Morgan fingerprint density at radius 3 is 2.63 bits per heavy atom. The second-order valence-electron chi connectivity index (χ2n) is 5.15. The van der Waals surface area contributed by atoms with Gasteiger partial charge in [-0.3, -0.25) is 0 Å². The molecule has 2 aromatic rings. The lowest BCUT2D eigenvalue weighted by molar-refractivity contribution is 0.882. The largest absolute Gasteiger partial charge is 0.346 e. The lowest BCUT2D eigenvalue weighted by atomic mass is 10.1. The Hall–Kier alpha value is -1.00. The number of nitrogens with one attached hydrogen (secondary N) is 1. The minimum Gasteiger partial charge on any atom is -0.346 e. The summed E-state index contributed by atoms with van der Waals surface area (Å²) in [5.41, 5.74) is 3.76. The molecule has 1 aromatic carbocycles. The predicted molar refractivity (Wildman–Crippen MR) is 83.1 cm³/mol.